The third-order valence-electron chi connectivity index (χ3n) is 4.83. The number of carbonyl (C=O) groups is 1. The fourth-order valence-electron chi connectivity index (χ4n) is 3.57. The summed E-state index contributed by atoms with van der Waals surface area (Å²) in [5.41, 5.74) is 8.95. The van der Waals surface area contributed by atoms with Crippen molar-refractivity contribution in [3.63, 3.8) is 0 Å². The quantitative estimate of drug-likeness (QED) is 0.605. The normalized spacial score (nSPS) is 15.6. The number of hydrogen-bond donors (Lipinski definition) is 1. The maximum Gasteiger partial charge on any atom is 0.410 e. The topological polar surface area (TPSA) is 86.9 Å². The predicted octanol–water partition coefficient (Wildman–Crippen LogP) is 4.63. The summed E-state index contributed by atoms with van der Waals surface area (Å²) < 4.78 is 17.5. The summed E-state index contributed by atoms with van der Waals surface area (Å²) in [6.07, 6.45) is 0.446. The lowest BCUT2D eigenvalue weighted by atomic mass is 10.0. The van der Waals surface area contributed by atoms with Gasteiger partial charge in [-0.05, 0) is 32.8 Å². The molecule has 2 aliphatic rings. The summed E-state index contributed by atoms with van der Waals surface area (Å²) in [7, 11) is 0. The van der Waals surface area contributed by atoms with Gasteiger partial charge in [-0.25, -0.2) is 9.78 Å². The smallest absolute Gasteiger partial charge is 0.410 e. The summed E-state index contributed by atoms with van der Waals surface area (Å²) in [6, 6.07) is 3.88. The molecule has 9 heteroatoms. The first-order valence-corrected chi connectivity index (χ1v) is 11.0. The molecule has 0 radical (unpaired) electrons. The van der Waals surface area contributed by atoms with Crippen molar-refractivity contribution in [1.82, 2.24) is 9.88 Å². The fourth-order valence-corrected chi connectivity index (χ4v) is 5.83. The van der Waals surface area contributed by atoms with E-state index in [0.29, 0.717) is 13.1 Å². The van der Waals surface area contributed by atoms with E-state index in [4.69, 9.17) is 24.9 Å². The lowest BCUT2D eigenvalue weighted by Gasteiger charge is -2.30. The molecule has 0 unspecified atom stereocenters. The number of fused-ring (bicyclic) bond motifs is 3. The minimum absolute atomic E-state index is 0.249. The molecule has 2 aliphatic heterocycles. The molecule has 7 nitrogen and oxygen atoms in total. The van der Waals surface area contributed by atoms with Gasteiger partial charge in [0, 0.05) is 29.1 Å². The third kappa shape index (κ3) is 3.28. The average molecular weight is 432 g/mol. The van der Waals surface area contributed by atoms with Crippen molar-refractivity contribution in [2.75, 3.05) is 19.1 Å². The maximum absolute atomic E-state index is 12.4. The second-order valence-corrected chi connectivity index (χ2v) is 10.3. The molecule has 3 aromatic rings. The number of thiophene rings is 1. The van der Waals surface area contributed by atoms with Crippen LogP contribution in [0.3, 0.4) is 0 Å². The highest BCUT2D eigenvalue weighted by Gasteiger charge is 2.30. The van der Waals surface area contributed by atoms with Crippen molar-refractivity contribution >= 4 is 44.0 Å². The molecule has 1 aromatic carbocycles. The first kappa shape index (κ1) is 18.5. The first-order chi connectivity index (χ1) is 13.8. The molecule has 0 bridgehead atoms. The Bertz CT molecular complexity index is 1090. The minimum Gasteiger partial charge on any atom is -0.454 e. The van der Waals surface area contributed by atoms with Crippen molar-refractivity contribution in [2.45, 2.75) is 39.3 Å². The summed E-state index contributed by atoms with van der Waals surface area (Å²) in [6.45, 7) is 6.99. The Balaban J connectivity index is 1.47. The number of amides is 1. The molecule has 2 N–H and O–H groups in total. The lowest BCUT2D eigenvalue weighted by Crippen LogP contribution is -2.39. The molecule has 0 spiro atoms. The van der Waals surface area contributed by atoms with Crippen molar-refractivity contribution in [2.24, 2.45) is 0 Å². The summed E-state index contributed by atoms with van der Waals surface area (Å²) in [5, 5.41) is 1.63. The zero-order valence-corrected chi connectivity index (χ0v) is 18.0. The number of aromatic nitrogens is 1. The van der Waals surface area contributed by atoms with Crippen LogP contribution in [0.1, 0.15) is 31.2 Å². The van der Waals surface area contributed by atoms with E-state index in [0.717, 1.165) is 48.6 Å². The van der Waals surface area contributed by atoms with E-state index in [2.05, 4.69) is 0 Å². The molecule has 4 heterocycles. The number of thiazole rings is 1. The Kier molecular flexibility index (Phi) is 4.15. The van der Waals surface area contributed by atoms with Crippen molar-refractivity contribution in [3.8, 4) is 22.1 Å². The molecule has 5 rings (SSSR count). The highest BCUT2D eigenvalue weighted by atomic mass is 32.1. The van der Waals surface area contributed by atoms with Crippen LogP contribution in [0.5, 0.6) is 11.5 Å². The van der Waals surface area contributed by atoms with E-state index in [1.165, 1.54) is 16.9 Å². The van der Waals surface area contributed by atoms with Gasteiger partial charge in [-0.3, -0.25) is 0 Å². The molecule has 2 aromatic heterocycles. The molecular formula is C20H21N3O4S2. The van der Waals surface area contributed by atoms with Gasteiger partial charge in [-0.1, -0.05) is 0 Å². The van der Waals surface area contributed by atoms with Gasteiger partial charge in [0.2, 0.25) is 6.79 Å². The Morgan fingerprint density at radius 2 is 2.00 bits per heavy atom. The van der Waals surface area contributed by atoms with Gasteiger partial charge in [0.15, 0.2) is 11.5 Å². The number of rotatable bonds is 1. The lowest BCUT2D eigenvalue weighted by molar-refractivity contribution is 0.0227. The predicted molar refractivity (Wildman–Crippen MR) is 114 cm³/mol. The van der Waals surface area contributed by atoms with Gasteiger partial charge in [0.25, 0.3) is 0 Å². The maximum atomic E-state index is 12.4. The van der Waals surface area contributed by atoms with Crippen molar-refractivity contribution < 1.29 is 19.0 Å². The van der Waals surface area contributed by atoms with E-state index in [-0.39, 0.29) is 12.9 Å². The number of hydrogen-bond acceptors (Lipinski definition) is 8. The van der Waals surface area contributed by atoms with Crippen molar-refractivity contribution in [3.05, 3.63) is 22.6 Å². The molecule has 1 amide bonds. The summed E-state index contributed by atoms with van der Waals surface area (Å²) >= 11 is 3.13. The number of nitrogen functional groups attached to an aromatic ring is 1. The Morgan fingerprint density at radius 1 is 1.24 bits per heavy atom. The van der Waals surface area contributed by atoms with Crippen LogP contribution in [-0.4, -0.2) is 34.9 Å². The largest absolute Gasteiger partial charge is 0.454 e. The van der Waals surface area contributed by atoms with E-state index < -0.39 is 5.60 Å². The Morgan fingerprint density at radius 3 is 2.76 bits per heavy atom. The molecule has 0 saturated carbocycles. The van der Waals surface area contributed by atoms with Crippen LogP contribution in [0.25, 0.3) is 20.8 Å². The van der Waals surface area contributed by atoms with Crippen LogP contribution in [-0.2, 0) is 17.7 Å². The fraction of sp³-hybridized carbons (Fsp3) is 0.400. The number of nitrogens with zero attached hydrogens (tertiary/aromatic N) is 2. The number of carbonyl (C=O) groups excluding carboxylic acids is 1. The first-order valence-electron chi connectivity index (χ1n) is 9.37. The Labute approximate surface area is 176 Å². The number of benzene rings is 1. The van der Waals surface area contributed by atoms with E-state index in [1.54, 1.807) is 16.2 Å². The van der Waals surface area contributed by atoms with Crippen LogP contribution in [0.2, 0.25) is 0 Å². The highest BCUT2D eigenvalue weighted by Crippen LogP contribution is 2.46. The van der Waals surface area contributed by atoms with Gasteiger partial charge in [-0.2, -0.15) is 0 Å². The van der Waals surface area contributed by atoms with Crippen molar-refractivity contribution in [1.29, 1.82) is 0 Å². The van der Waals surface area contributed by atoms with E-state index in [1.807, 2.05) is 32.9 Å². The average Bonchev–Trinajstić information content (AvgIpc) is 3.31. The molecule has 29 heavy (non-hydrogen) atoms. The zero-order valence-electron chi connectivity index (χ0n) is 16.4. The van der Waals surface area contributed by atoms with Crippen LogP contribution in [0, 0.1) is 0 Å². The van der Waals surface area contributed by atoms with Crippen LogP contribution in [0.4, 0.5) is 9.80 Å². The van der Waals surface area contributed by atoms with E-state index >= 15 is 0 Å². The van der Waals surface area contributed by atoms with E-state index in [9.17, 15) is 4.79 Å². The summed E-state index contributed by atoms with van der Waals surface area (Å²) in [5.74, 6) is 1.48. The zero-order chi connectivity index (χ0) is 20.3. The number of anilines is 1. The van der Waals surface area contributed by atoms with Gasteiger partial charge >= 0.3 is 6.09 Å². The third-order valence-corrected chi connectivity index (χ3v) is 6.91. The number of ether oxygens (including phenoxy) is 3. The standard InChI is InChI=1S/C20H21N3O4S2/c1-20(2,3)27-19(24)23-5-4-10-15(8-23)28-17(21)16(10)18-22-11-6-12-13(26-9-25-12)7-14(11)29-18/h6-7H,4-5,8-9,21H2,1-3H3. The second-order valence-electron chi connectivity index (χ2n) is 8.09. The van der Waals surface area contributed by atoms with Gasteiger partial charge in [0.1, 0.15) is 10.6 Å². The van der Waals surface area contributed by atoms with Gasteiger partial charge < -0.3 is 24.8 Å². The molecule has 0 atom stereocenters. The van der Waals surface area contributed by atoms with Crippen LogP contribution < -0.4 is 15.2 Å². The monoisotopic (exact) mass is 431 g/mol. The molecule has 0 aliphatic carbocycles. The second kappa shape index (κ2) is 6.50. The molecule has 0 saturated heterocycles. The Hall–Kier alpha value is -2.52. The highest BCUT2D eigenvalue weighted by molar-refractivity contribution is 7.22. The van der Waals surface area contributed by atoms with Crippen LogP contribution >= 0.6 is 22.7 Å². The van der Waals surface area contributed by atoms with Gasteiger partial charge in [-0.15, -0.1) is 22.7 Å². The van der Waals surface area contributed by atoms with Gasteiger partial charge in [0.05, 0.1) is 21.8 Å². The number of nitrogens with two attached hydrogens (primary N) is 1. The molecule has 0 fully saturated rings. The minimum atomic E-state index is -0.508. The van der Waals surface area contributed by atoms with Crippen LogP contribution in [0.15, 0.2) is 12.1 Å². The summed E-state index contributed by atoms with van der Waals surface area (Å²) in [4.78, 5) is 20.1. The molecule has 152 valence electrons. The molecular weight excluding hydrogens is 410 g/mol. The SMILES string of the molecule is CC(C)(C)OC(=O)N1CCc2c(sc(N)c2-c2nc3cc4c(cc3s2)OCO4)C1.